The second kappa shape index (κ2) is 13.6. The molecule has 5 aromatic rings. The third-order valence-electron chi connectivity index (χ3n) is 7.54. The van der Waals surface area contributed by atoms with E-state index in [1.54, 1.807) is 0 Å². The number of hydrogen-bond donors (Lipinski definition) is 0. The Bertz CT molecular complexity index is 1450. The standard InChI is InChI=1S/C38H39N3/c1-4-31-16-21-36(22-17-31)41(37-23-18-32(5-2)19-24-37)39-27-35-20-25-38(26-30(35)3)40(28-33-12-8-6-9-13-33)29-34-14-10-7-11-15-34/h6-27H,4-5,28-29H2,1-3H3. The number of nitrogens with zero attached hydrogens (tertiary/aromatic N) is 3. The molecular weight excluding hydrogens is 498 g/mol. The van der Waals surface area contributed by atoms with E-state index < -0.39 is 0 Å². The fourth-order valence-corrected chi connectivity index (χ4v) is 5.00. The zero-order valence-corrected chi connectivity index (χ0v) is 24.4. The highest BCUT2D eigenvalue weighted by Crippen LogP contribution is 2.28. The van der Waals surface area contributed by atoms with Gasteiger partial charge in [-0.15, -0.1) is 0 Å². The Balaban J connectivity index is 1.43. The van der Waals surface area contributed by atoms with Gasteiger partial charge in [-0.1, -0.05) is 105 Å². The molecule has 0 N–H and O–H groups in total. The van der Waals surface area contributed by atoms with Gasteiger partial charge in [0.2, 0.25) is 0 Å². The van der Waals surface area contributed by atoms with E-state index in [0.717, 1.165) is 42.9 Å². The lowest BCUT2D eigenvalue weighted by Gasteiger charge is -2.26. The van der Waals surface area contributed by atoms with Crippen molar-refractivity contribution in [3.8, 4) is 0 Å². The predicted molar refractivity (Wildman–Crippen MR) is 175 cm³/mol. The summed E-state index contributed by atoms with van der Waals surface area (Å²) in [7, 11) is 0. The Morgan fingerprint density at radius 3 is 1.44 bits per heavy atom. The van der Waals surface area contributed by atoms with Gasteiger partial charge in [0.05, 0.1) is 17.6 Å². The number of hydrogen-bond acceptors (Lipinski definition) is 3. The quantitative estimate of drug-likeness (QED) is 0.123. The smallest absolute Gasteiger partial charge is 0.0652 e. The summed E-state index contributed by atoms with van der Waals surface area (Å²) >= 11 is 0. The number of rotatable bonds is 11. The fraction of sp³-hybridized carbons (Fsp3) is 0.184. The van der Waals surface area contributed by atoms with E-state index in [2.05, 4.69) is 153 Å². The Morgan fingerprint density at radius 1 is 0.537 bits per heavy atom. The second-order valence-electron chi connectivity index (χ2n) is 10.5. The van der Waals surface area contributed by atoms with Crippen molar-refractivity contribution in [2.45, 2.75) is 46.7 Å². The summed E-state index contributed by atoms with van der Waals surface area (Å²) in [5.41, 5.74) is 10.8. The lowest BCUT2D eigenvalue weighted by atomic mass is 10.1. The summed E-state index contributed by atoms with van der Waals surface area (Å²) in [6.07, 6.45) is 4.02. The minimum Gasteiger partial charge on any atom is -0.363 e. The highest BCUT2D eigenvalue weighted by molar-refractivity contribution is 5.84. The van der Waals surface area contributed by atoms with Crippen LogP contribution < -0.4 is 9.91 Å². The highest BCUT2D eigenvalue weighted by atomic mass is 15.5. The molecule has 0 spiro atoms. The van der Waals surface area contributed by atoms with Gasteiger partial charge in [0.1, 0.15) is 0 Å². The minimum absolute atomic E-state index is 0.845. The first-order valence-corrected chi connectivity index (χ1v) is 14.6. The first-order chi connectivity index (χ1) is 20.1. The summed E-state index contributed by atoms with van der Waals surface area (Å²) in [5, 5.41) is 7.04. The second-order valence-corrected chi connectivity index (χ2v) is 10.5. The maximum absolute atomic E-state index is 5.01. The summed E-state index contributed by atoms with van der Waals surface area (Å²) in [6.45, 7) is 8.23. The van der Waals surface area contributed by atoms with E-state index in [1.165, 1.54) is 33.5 Å². The van der Waals surface area contributed by atoms with Gasteiger partial charge in [0.25, 0.3) is 0 Å². The van der Waals surface area contributed by atoms with Crippen molar-refractivity contribution in [3.63, 3.8) is 0 Å². The number of aryl methyl sites for hydroxylation is 3. The van der Waals surface area contributed by atoms with Gasteiger partial charge in [-0.25, -0.2) is 5.01 Å². The van der Waals surface area contributed by atoms with Crippen LogP contribution in [0.15, 0.2) is 132 Å². The minimum atomic E-state index is 0.845. The maximum atomic E-state index is 5.01. The SMILES string of the molecule is CCc1ccc(N(N=Cc2ccc(N(Cc3ccccc3)Cc3ccccc3)cc2C)c2ccc(CC)cc2)cc1. The van der Waals surface area contributed by atoms with E-state index in [9.17, 15) is 0 Å². The highest BCUT2D eigenvalue weighted by Gasteiger charge is 2.12. The van der Waals surface area contributed by atoms with Crippen LogP contribution in [0.1, 0.15) is 47.2 Å². The molecule has 0 saturated heterocycles. The summed E-state index contributed by atoms with van der Waals surface area (Å²) < 4.78 is 0. The third kappa shape index (κ3) is 7.32. The zero-order valence-electron chi connectivity index (χ0n) is 24.4. The van der Waals surface area contributed by atoms with Gasteiger partial charge in [0, 0.05) is 18.8 Å². The Kier molecular flexibility index (Phi) is 9.28. The first kappa shape index (κ1) is 27.9. The molecule has 5 rings (SSSR count). The van der Waals surface area contributed by atoms with E-state index in [1.807, 2.05) is 11.2 Å². The number of benzene rings is 5. The van der Waals surface area contributed by atoms with Crippen molar-refractivity contribution in [1.82, 2.24) is 0 Å². The molecule has 5 aromatic carbocycles. The lowest BCUT2D eigenvalue weighted by Crippen LogP contribution is -2.22. The van der Waals surface area contributed by atoms with Gasteiger partial charge in [-0.3, -0.25) is 0 Å². The van der Waals surface area contributed by atoms with Gasteiger partial charge < -0.3 is 4.90 Å². The zero-order chi connectivity index (χ0) is 28.4. The van der Waals surface area contributed by atoms with Gasteiger partial charge in [0.15, 0.2) is 0 Å². The topological polar surface area (TPSA) is 18.8 Å². The van der Waals surface area contributed by atoms with Gasteiger partial charge >= 0.3 is 0 Å². The molecule has 0 aliphatic carbocycles. The molecule has 41 heavy (non-hydrogen) atoms. The van der Waals surface area contributed by atoms with Crippen LogP contribution in [0.3, 0.4) is 0 Å². The molecule has 0 amide bonds. The normalized spacial score (nSPS) is 11.1. The van der Waals surface area contributed by atoms with Crippen LogP contribution in [0.4, 0.5) is 17.1 Å². The average molecular weight is 538 g/mol. The van der Waals surface area contributed by atoms with Crippen molar-refractivity contribution >= 4 is 23.3 Å². The largest absolute Gasteiger partial charge is 0.363 e. The van der Waals surface area contributed by atoms with Crippen LogP contribution in [-0.4, -0.2) is 6.21 Å². The van der Waals surface area contributed by atoms with Crippen molar-refractivity contribution in [3.05, 3.63) is 161 Å². The number of anilines is 3. The molecule has 0 fully saturated rings. The molecule has 0 aliphatic rings. The maximum Gasteiger partial charge on any atom is 0.0652 e. The van der Waals surface area contributed by atoms with E-state index in [-0.39, 0.29) is 0 Å². The van der Waals surface area contributed by atoms with Gasteiger partial charge in [-0.05, 0) is 89.5 Å². The third-order valence-corrected chi connectivity index (χ3v) is 7.54. The monoisotopic (exact) mass is 537 g/mol. The summed E-state index contributed by atoms with van der Waals surface area (Å²) in [4.78, 5) is 2.44. The number of hydrazone groups is 1. The molecule has 0 bridgehead atoms. The molecule has 0 aromatic heterocycles. The van der Waals surface area contributed by atoms with Crippen LogP contribution >= 0.6 is 0 Å². The predicted octanol–water partition coefficient (Wildman–Crippen LogP) is 9.50. The Morgan fingerprint density at radius 2 is 1.00 bits per heavy atom. The van der Waals surface area contributed by atoms with Crippen molar-refractivity contribution < 1.29 is 0 Å². The van der Waals surface area contributed by atoms with Crippen LogP contribution in [0.5, 0.6) is 0 Å². The van der Waals surface area contributed by atoms with Crippen molar-refractivity contribution in [1.29, 1.82) is 0 Å². The first-order valence-electron chi connectivity index (χ1n) is 14.6. The molecule has 0 aliphatic heterocycles. The summed E-state index contributed by atoms with van der Waals surface area (Å²) in [5.74, 6) is 0. The molecule has 0 atom stereocenters. The van der Waals surface area contributed by atoms with E-state index in [4.69, 9.17) is 5.10 Å². The molecule has 206 valence electrons. The van der Waals surface area contributed by atoms with E-state index in [0.29, 0.717) is 0 Å². The summed E-state index contributed by atoms with van der Waals surface area (Å²) in [6, 6.07) is 45.4. The molecule has 0 heterocycles. The van der Waals surface area contributed by atoms with Crippen LogP contribution in [0.25, 0.3) is 0 Å². The Labute approximate surface area is 245 Å². The molecule has 3 nitrogen and oxygen atoms in total. The van der Waals surface area contributed by atoms with Crippen molar-refractivity contribution in [2.75, 3.05) is 9.91 Å². The molecule has 3 heteroatoms. The van der Waals surface area contributed by atoms with Crippen molar-refractivity contribution in [2.24, 2.45) is 5.10 Å². The lowest BCUT2D eigenvalue weighted by molar-refractivity contribution is 0.799. The van der Waals surface area contributed by atoms with Gasteiger partial charge in [-0.2, -0.15) is 5.10 Å². The average Bonchev–Trinajstić information content (AvgIpc) is 3.03. The van der Waals surface area contributed by atoms with Crippen LogP contribution in [0.2, 0.25) is 0 Å². The van der Waals surface area contributed by atoms with E-state index >= 15 is 0 Å². The Hall–Kier alpha value is -4.63. The molecule has 0 unspecified atom stereocenters. The molecule has 0 radical (unpaired) electrons. The fourth-order valence-electron chi connectivity index (χ4n) is 5.00. The molecular formula is C38H39N3. The van der Waals surface area contributed by atoms with Crippen LogP contribution in [0, 0.1) is 6.92 Å². The molecule has 0 saturated carbocycles. The van der Waals surface area contributed by atoms with Crippen LogP contribution in [-0.2, 0) is 25.9 Å².